The second-order valence-electron chi connectivity index (χ2n) is 4.83. The van der Waals surface area contributed by atoms with Crippen LogP contribution in [0.25, 0.3) is 0 Å². The number of carbonyl (C=O) groups excluding carboxylic acids is 1. The lowest BCUT2D eigenvalue weighted by atomic mass is 10.2. The maximum absolute atomic E-state index is 11.2. The van der Waals surface area contributed by atoms with Gasteiger partial charge in [0.2, 0.25) is 0 Å². The van der Waals surface area contributed by atoms with Crippen LogP contribution in [0.1, 0.15) is 33.6 Å². The molecule has 0 bridgehead atoms. The van der Waals surface area contributed by atoms with Crippen molar-refractivity contribution >= 4 is 5.97 Å². The lowest BCUT2D eigenvalue weighted by molar-refractivity contribution is -0.148. The van der Waals surface area contributed by atoms with Crippen molar-refractivity contribution in [2.24, 2.45) is 11.7 Å². The van der Waals surface area contributed by atoms with E-state index < -0.39 is 5.60 Å². The van der Waals surface area contributed by atoms with Gasteiger partial charge in [-0.15, -0.1) is 0 Å². The quantitative estimate of drug-likeness (QED) is 0.440. The topological polar surface area (TPSA) is 52.3 Å². The molecule has 1 fully saturated rings. The van der Waals surface area contributed by atoms with E-state index in [0.717, 1.165) is 5.70 Å². The van der Waals surface area contributed by atoms with Crippen LogP contribution >= 0.6 is 0 Å². The Kier molecular flexibility index (Phi) is 3.56. The molecule has 0 aromatic carbocycles. The zero-order valence-corrected chi connectivity index (χ0v) is 9.62. The maximum atomic E-state index is 11.2. The van der Waals surface area contributed by atoms with E-state index >= 15 is 0 Å². The first kappa shape index (κ1) is 11.8. The maximum Gasteiger partial charge on any atom is 0.331 e. The molecule has 1 rings (SSSR count). The minimum Gasteiger partial charge on any atom is -0.457 e. The number of rotatable bonds is 3. The third-order valence-corrected chi connectivity index (χ3v) is 1.98. The van der Waals surface area contributed by atoms with Gasteiger partial charge in [0.05, 0.1) is 0 Å². The van der Waals surface area contributed by atoms with E-state index in [9.17, 15) is 4.79 Å². The summed E-state index contributed by atoms with van der Waals surface area (Å²) in [6.07, 6.45) is 7.18. The summed E-state index contributed by atoms with van der Waals surface area (Å²) in [4.78, 5) is 11.2. The van der Waals surface area contributed by atoms with Crippen LogP contribution in [0.5, 0.6) is 0 Å². The normalized spacial score (nSPS) is 18.2. The monoisotopic (exact) mass is 209 g/mol. The lowest BCUT2D eigenvalue weighted by Gasteiger charge is -2.17. The summed E-state index contributed by atoms with van der Waals surface area (Å²) in [5, 5.41) is 0. The minimum absolute atomic E-state index is 0.331. The fraction of sp³-hybridized carbons (Fsp3) is 0.583. The van der Waals surface area contributed by atoms with Gasteiger partial charge in [-0.2, -0.15) is 0 Å². The van der Waals surface area contributed by atoms with Crippen molar-refractivity contribution < 1.29 is 9.53 Å². The summed E-state index contributed by atoms with van der Waals surface area (Å²) >= 11 is 0. The Labute approximate surface area is 91.0 Å². The van der Waals surface area contributed by atoms with Crippen molar-refractivity contribution in [3.05, 3.63) is 23.9 Å². The van der Waals surface area contributed by atoms with E-state index in [2.05, 4.69) is 0 Å². The van der Waals surface area contributed by atoms with Gasteiger partial charge in [-0.3, -0.25) is 0 Å². The van der Waals surface area contributed by atoms with Crippen LogP contribution in [0.15, 0.2) is 23.9 Å². The highest BCUT2D eigenvalue weighted by atomic mass is 16.6. The third-order valence-electron chi connectivity index (χ3n) is 1.98. The standard InChI is InChI=1S/C12H19NO2/c1-12(2,3)15-11(14)6-4-5-10(13)9-7-8-9/h4-6,9H,7-8,13H2,1-3H3. The minimum atomic E-state index is -0.437. The molecule has 0 amide bonds. The third kappa shape index (κ3) is 5.25. The molecule has 3 nitrogen and oxygen atoms in total. The molecule has 1 aliphatic carbocycles. The van der Waals surface area contributed by atoms with Crippen molar-refractivity contribution in [3.8, 4) is 0 Å². The number of hydrogen-bond acceptors (Lipinski definition) is 3. The second-order valence-corrected chi connectivity index (χ2v) is 4.83. The van der Waals surface area contributed by atoms with Crippen molar-refractivity contribution in [2.45, 2.75) is 39.2 Å². The SMILES string of the molecule is CC(C)(C)OC(=O)C=CC=C(N)C1CC1. The number of nitrogens with two attached hydrogens (primary N) is 1. The van der Waals surface area contributed by atoms with Crippen LogP contribution in [0, 0.1) is 5.92 Å². The van der Waals surface area contributed by atoms with E-state index in [1.165, 1.54) is 18.9 Å². The zero-order valence-electron chi connectivity index (χ0n) is 9.62. The smallest absolute Gasteiger partial charge is 0.331 e. The molecule has 0 saturated heterocycles. The number of hydrogen-bond donors (Lipinski definition) is 1. The Morgan fingerprint density at radius 3 is 2.47 bits per heavy atom. The van der Waals surface area contributed by atoms with E-state index in [1.54, 1.807) is 12.2 Å². The molecule has 2 N–H and O–H groups in total. The molecule has 0 atom stereocenters. The fourth-order valence-corrected chi connectivity index (χ4v) is 1.13. The summed E-state index contributed by atoms with van der Waals surface area (Å²) < 4.78 is 5.10. The predicted octanol–water partition coefficient (Wildman–Crippen LogP) is 2.14. The van der Waals surface area contributed by atoms with Crippen molar-refractivity contribution in [1.29, 1.82) is 0 Å². The molecule has 84 valence electrons. The van der Waals surface area contributed by atoms with E-state index in [0.29, 0.717) is 5.92 Å². The van der Waals surface area contributed by atoms with Crippen molar-refractivity contribution in [1.82, 2.24) is 0 Å². The van der Waals surface area contributed by atoms with Crippen molar-refractivity contribution in [3.63, 3.8) is 0 Å². The Bertz CT molecular complexity index is 293. The molecule has 1 saturated carbocycles. The molecule has 3 heteroatoms. The van der Waals surface area contributed by atoms with Gasteiger partial charge in [0.15, 0.2) is 0 Å². The Hall–Kier alpha value is -1.25. The summed E-state index contributed by atoms with van der Waals surface area (Å²) in [6, 6.07) is 0. The average Bonchev–Trinajstić information content (AvgIpc) is 2.81. The lowest BCUT2D eigenvalue weighted by Crippen LogP contribution is -2.22. The Balaban J connectivity index is 2.37. The number of ether oxygens (including phenoxy) is 1. The summed E-state index contributed by atoms with van der Waals surface area (Å²) in [6.45, 7) is 5.52. The van der Waals surface area contributed by atoms with Gasteiger partial charge in [0.1, 0.15) is 5.60 Å². The van der Waals surface area contributed by atoms with Gasteiger partial charge in [-0.25, -0.2) is 4.79 Å². The van der Waals surface area contributed by atoms with Gasteiger partial charge in [-0.1, -0.05) is 6.08 Å². The van der Waals surface area contributed by atoms with E-state index in [4.69, 9.17) is 10.5 Å². The highest BCUT2D eigenvalue weighted by molar-refractivity contribution is 5.82. The number of carbonyl (C=O) groups is 1. The van der Waals surface area contributed by atoms with Gasteiger partial charge in [0.25, 0.3) is 0 Å². The summed E-state index contributed by atoms with van der Waals surface area (Å²) in [5.41, 5.74) is 6.17. The number of esters is 1. The summed E-state index contributed by atoms with van der Waals surface area (Å²) in [5.74, 6) is 0.204. The van der Waals surface area contributed by atoms with Gasteiger partial charge in [0, 0.05) is 11.8 Å². The first-order chi connectivity index (χ1) is 6.88. The molecule has 0 radical (unpaired) electrons. The van der Waals surface area contributed by atoms with Crippen LogP contribution in [-0.4, -0.2) is 11.6 Å². The molecule has 15 heavy (non-hydrogen) atoms. The van der Waals surface area contributed by atoms with Gasteiger partial charge < -0.3 is 10.5 Å². The first-order valence-electron chi connectivity index (χ1n) is 5.25. The fourth-order valence-electron chi connectivity index (χ4n) is 1.13. The zero-order chi connectivity index (χ0) is 11.5. The Morgan fingerprint density at radius 1 is 1.40 bits per heavy atom. The average molecular weight is 209 g/mol. The summed E-state index contributed by atoms with van der Waals surface area (Å²) in [7, 11) is 0. The largest absolute Gasteiger partial charge is 0.457 e. The molecule has 0 aromatic rings. The van der Waals surface area contributed by atoms with E-state index in [-0.39, 0.29) is 5.97 Å². The highest BCUT2D eigenvalue weighted by Gasteiger charge is 2.23. The van der Waals surface area contributed by atoms with Crippen LogP contribution < -0.4 is 5.73 Å². The predicted molar refractivity (Wildman–Crippen MR) is 60.0 cm³/mol. The highest BCUT2D eigenvalue weighted by Crippen LogP contribution is 2.33. The molecule has 1 aliphatic rings. The van der Waals surface area contributed by atoms with Gasteiger partial charge in [-0.05, 0) is 45.6 Å². The first-order valence-corrected chi connectivity index (χ1v) is 5.25. The number of allylic oxidation sites excluding steroid dienone is 3. The Morgan fingerprint density at radius 2 is 2.00 bits per heavy atom. The van der Waals surface area contributed by atoms with Gasteiger partial charge >= 0.3 is 5.97 Å². The van der Waals surface area contributed by atoms with Crippen LogP contribution in [0.3, 0.4) is 0 Å². The second kappa shape index (κ2) is 4.51. The molecule has 0 spiro atoms. The van der Waals surface area contributed by atoms with Crippen LogP contribution in [0.2, 0.25) is 0 Å². The molecule has 0 aliphatic heterocycles. The molecule has 0 heterocycles. The molecule has 0 unspecified atom stereocenters. The molecular formula is C12H19NO2. The molecule has 0 aromatic heterocycles. The van der Waals surface area contributed by atoms with Crippen molar-refractivity contribution in [2.75, 3.05) is 0 Å². The van der Waals surface area contributed by atoms with E-state index in [1.807, 2.05) is 20.8 Å². The molecular weight excluding hydrogens is 190 g/mol. The van der Waals surface area contributed by atoms with Crippen LogP contribution in [-0.2, 0) is 9.53 Å². The van der Waals surface area contributed by atoms with Crippen LogP contribution in [0.4, 0.5) is 0 Å².